The Hall–Kier alpha value is -1.65. The lowest BCUT2D eigenvalue weighted by Gasteiger charge is -2.18. The standard InChI is InChI=1S/C14H19NO3/c1-11(16)9-15(2)10-13-5-3-4-12(8-13)6-7-14(17)18/h3-8,11,16H,9-10H2,1-2H3,(H,17,18). The van der Waals surface area contributed by atoms with Gasteiger partial charge in [-0.2, -0.15) is 0 Å². The number of rotatable bonds is 6. The van der Waals surface area contributed by atoms with Crippen LogP contribution in [0.25, 0.3) is 6.08 Å². The van der Waals surface area contributed by atoms with Crippen LogP contribution in [0.5, 0.6) is 0 Å². The number of aliphatic hydroxyl groups excluding tert-OH is 1. The molecule has 18 heavy (non-hydrogen) atoms. The Morgan fingerprint density at radius 2 is 2.22 bits per heavy atom. The number of aliphatic hydroxyl groups is 1. The summed E-state index contributed by atoms with van der Waals surface area (Å²) >= 11 is 0. The van der Waals surface area contributed by atoms with Crippen LogP contribution in [0.2, 0.25) is 0 Å². The molecule has 0 saturated carbocycles. The second kappa shape index (κ2) is 6.93. The van der Waals surface area contributed by atoms with E-state index in [1.165, 1.54) is 0 Å². The fraction of sp³-hybridized carbons (Fsp3) is 0.357. The Labute approximate surface area is 107 Å². The zero-order valence-corrected chi connectivity index (χ0v) is 10.7. The number of likely N-dealkylation sites (N-methyl/N-ethyl adjacent to an activating group) is 1. The molecule has 0 radical (unpaired) electrons. The monoisotopic (exact) mass is 249 g/mol. The smallest absolute Gasteiger partial charge is 0.328 e. The first-order chi connectivity index (χ1) is 8.47. The average molecular weight is 249 g/mol. The molecule has 2 N–H and O–H groups in total. The Morgan fingerprint density at radius 3 is 2.83 bits per heavy atom. The van der Waals surface area contributed by atoms with Crippen LogP contribution in [0.4, 0.5) is 0 Å². The van der Waals surface area contributed by atoms with Gasteiger partial charge in [0.25, 0.3) is 0 Å². The number of aliphatic carboxylic acids is 1. The van der Waals surface area contributed by atoms with Crippen LogP contribution in [0.15, 0.2) is 30.3 Å². The molecule has 98 valence electrons. The summed E-state index contributed by atoms with van der Waals surface area (Å²) in [6, 6.07) is 7.68. The van der Waals surface area contributed by atoms with Gasteiger partial charge in [-0.05, 0) is 31.2 Å². The van der Waals surface area contributed by atoms with Crippen molar-refractivity contribution >= 4 is 12.0 Å². The van der Waals surface area contributed by atoms with Crippen molar-refractivity contribution in [3.63, 3.8) is 0 Å². The van der Waals surface area contributed by atoms with Crippen molar-refractivity contribution in [2.24, 2.45) is 0 Å². The van der Waals surface area contributed by atoms with Gasteiger partial charge in [0.1, 0.15) is 0 Å². The molecule has 4 nitrogen and oxygen atoms in total. The van der Waals surface area contributed by atoms with Crippen LogP contribution in [0.1, 0.15) is 18.1 Å². The fourth-order valence-corrected chi connectivity index (χ4v) is 1.79. The molecule has 0 aliphatic carbocycles. The zero-order chi connectivity index (χ0) is 13.5. The molecule has 0 saturated heterocycles. The molecule has 0 aliphatic rings. The first-order valence-electron chi connectivity index (χ1n) is 5.84. The second-order valence-corrected chi connectivity index (χ2v) is 4.46. The number of carboxylic acids is 1. The minimum Gasteiger partial charge on any atom is -0.478 e. The Bertz CT molecular complexity index is 427. The summed E-state index contributed by atoms with van der Waals surface area (Å²) in [6.07, 6.45) is 2.34. The van der Waals surface area contributed by atoms with E-state index in [9.17, 15) is 9.90 Å². The number of carbonyl (C=O) groups is 1. The van der Waals surface area contributed by atoms with Crippen molar-refractivity contribution in [2.45, 2.75) is 19.6 Å². The lowest BCUT2D eigenvalue weighted by molar-refractivity contribution is -0.131. The highest BCUT2D eigenvalue weighted by atomic mass is 16.4. The summed E-state index contributed by atoms with van der Waals surface area (Å²) in [5, 5.41) is 17.8. The van der Waals surface area contributed by atoms with Gasteiger partial charge in [-0.3, -0.25) is 4.90 Å². The first kappa shape index (κ1) is 14.4. The van der Waals surface area contributed by atoms with Crippen molar-refractivity contribution in [3.05, 3.63) is 41.5 Å². The highest BCUT2D eigenvalue weighted by Crippen LogP contribution is 2.09. The van der Waals surface area contributed by atoms with Crippen molar-refractivity contribution in [3.8, 4) is 0 Å². The summed E-state index contributed by atoms with van der Waals surface area (Å²) in [7, 11) is 1.94. The summed E-state index contributed by atoms with van der Waals surface area (Å²) < 4.78 is 0. The largest absolute Gasteiger partial charge is 0.478 e. The van der Waals surface area contributed by atoms with E-state index in [1.54, 1.807) is 13.0 Å². The molecule has 1 atom stereocenters. The number of hydrogen-bond donors (Lipinski definition) is 2. The van der Waals surface area contributed by atoms with Crippen LogP contribution < -0.4 is 0 Å². The molecule has 4 heteroatoms. The third kappa shape index (κ3) is 5.61. The van der Waals surface area contributed by atoms with Gasteiger partial charge in [-0.25, -0.2) is 4.79 Å². The SMILES string of the molecule is CC(O)CN(C)Cc1cccc(C=CC(=O)O)c1. The maximum absolute atomic E-state index is 10.4. The van der Waals surface area contributed by atoms with Crippen LogP contribution in [-0.4, -0.2) is 40.8 Å². The Morgan fingerprint density at radius 1 is 1.50 bits per heavy atom. The lowest BCUT2D eigenvalue weighted by atomic mass is 10.1. The van der Waals surface area contributed by atoms with E-state index in [0.29, 0.717) is 6.54 Å². The lowest BCUT2D eigenvalue weighted by Crippen LogP contribution is -2.26. The predicted molar refractivity (Wildman–Crippen MR) is 71.1 cm³/mol. The van der Waals surface area contributed by atoms with E-state index in [1.807, 2.05) is 36.2 Å². The molecule has 0 bridgehead atoms. The van der Waals surface area contributed by atoms with Gasteiger partial charge in [-0.1, -0.05) is 24.3 Å². The molecule has 0 amide bonds. The van der Waals surface area contributed by atoms with Crippen LogP contribution >= 0.6 is 0 Å². The molecule has 1 aromatic carbocycles. The van der Waals surface area contributed by atoms with Crippen molar-refractivity contribution in [1.82, 2.24) is 4.90 Å². The average Bonchev–Trinajstić information content (AvgIpc) is 2.25. The normalized spacial score (nSPS) is 13.1. The molecule has 0 fully saturated rings. The first-order valence-corrected chi connectivity index (χ1v) is 5.84. The molecule has 0 aliphatic heterocycles. The molecular weight excluding hydrogens is 230 g/mol. The van der Waals surface area contributed by atoms with E-state index in [-0.39, 0.29) is 6.10 Å². The zero-order valence-electron chi connectivity index (χ0n) is 10.7. The minimum atomic E-state index is -0.952. The third-order valence-electron chi connectivity index (χ3n) is 2.40. The quantitative estimate of drug-likeness (QED) is 0.752. The van der Waals surface area contributed by atoms with Gasteiger partial charge < -0.3 is 10.2 Å². The maximum Gasteiger partial charge on any atom is 0.328 e. The molecule has 0 heterocycles. The van der Waals surface area contributed by atoms with E-state index in [4.69, 9.17) is 5.11 Å². The molecule has 1 rings (SSSR count). The van der Waals surface area contributed by atoms with Crippen molar-refractivity contribution in [2.75, 3.05) is 13.6 Å². The van der Waals surface area contributed by atoms with Gasteiger partial charge in [0.15, 0.2) is 0 Å². The number of hydrogen-bond acceptors (Lipinski definition) is 3. The second-order valence-electron chi connectivity index (χ2n) is 4.46. The molecule has 0 spiro atoms. The highest BCUT2D eigenvalue weighted by Gasteiger charge is 2.04. The highest BCUT2D eigenvalue weighted by molar-refractivity contribution is 5.85. The van der Waals surface area contributed by atoms with E-state index in [2.05, 4.69) is 0 Å². The summed E-state index contributed by atoms with van der Waals surface area (Å²) in [6.45, 7) is 3.08. The van der Waals surface area contributed by atoms with Gasteiger partial charge >= 0.3 is 5.97 Å². The van der Waals surface area contributed by atoms with E-state index < -0.39 is 5.97 Å². The minimum absolute atomic E-state index is 0.356. The Balaban J connectivity index is 2.67. The van der Waals surface area contributed by atoms with Crippen LogP contribution in [0, 0.1) is 0 Å². The van der Waals surface area contributed by atoms with Crippen molar-refractivity contribution in [1.29, 1.82) is 0 Å². The summed E-state index contributed by atoms with van der Waals surface area (Å²) in [5.41, 5.74) is 1.95. The molecule has 1 unspecified atom stereocenters. The van der Waals surface area contributed by atoms with Gasteiger partial charge in [0.05, 0.1) is 6.10 Å². The van der Waals surface area contributed by atoms with Gasteiger partial charge in [0.2, 0.25) is 0 Å². The summed E-state index contributed by atoms with van der Waals surface area (Å²) in [4.78, 5) is 12.5. The predicted octanol–water partition coefficient (Wildman–Crippen LogP) is 1.60. The molecule has 0 aromatic heterocycles. The maximum atomic E-state index is 10.4. The number of nitrogens with zero attached hydrogens (tertiary/aromatic N) is 1. The number of benzene rings is 1. The fourth-order valence-electron chi connectivity index (χ4n) is 1.79. The van der Waals surface area contributed by atoms with Gasteiger partial charge in [-0.15, -0.1) is 0 Å². The van der Waals surface area contributed by atoms with Crippen molar-refractivity contribution < 1.29 is 15.0 Å². The van der Waals surface area contributed by atoms with Crippen LogP contribution in [0.3, 0.4) is 0 Å². The molecular formula is C14H19NO3. The summed E-state index contributed by atoms with van der Waals surface area (Å²) in [5.74, 6) is -0.952. The topological polar surface area (TPSA) is 60.8 Å². The van der Waals surface area contributed by atoms with E-state index >= 15 is 0 Å². The van der Waals surface area contributed by atoms with Gasteiger partial charge in [0, 0.05) is 19.2 Å². The van der Waals surface area contributed by atoms with Crippen LogP contribution in [-0.2, 0) is 11.3 Å². The third-order valence-corrected chi connectivity index (χ3v) is 2.40. The Kier molecular flexibility index (Phi) is 5.55. The molecule has 1 aromatic rings. The number of carboxylic acid groups (broad SMARTS) is 1. The van der Waals surface area contributed by atoms with E-state index in [0.717, 1.165) is 23.7 Å².